The Kier molecular flexibility index (Phi) is 9.33. The predicted molar refractivity (Wildman–Crippen MR) is 138 cm³/mol. The summed E-state index contributed by atoms with van der Waals surface area (Å²) in [4.78, 5) is 42.5. The van der Waals surface area contributed by atoms with Crippen LogP contribution >= 0.6 is 0 Å². The van der Waals surface area contributed by atoms with Gasteiger partial charge in [0.05, 0.1) is 13.5 Å². The molecule has 0 bridgehead atoms. The first-order chi connectivity index (χ1) is 17.1. The minimum Gasteiger partial charge on any atom is -0.497 e. The fourth-order valence-electron chi connectivity index (χ4n) is 4.14. The maximum atomic E-state index is 13.6. The van der Waals surface area contributed by atoms with Gasteiger partial charge >= 0.3 is 6.09 Å². The normalized spacial score (nSPS) is 15.0. The molecule has 0 radical (unpaired) electrons. The summed E-state index contributed by atoms with van der Waals surface area (Å²) in [6, 6.07) is 16.3. The van der Waals surface area contributed by atoms with Gasteiger partial charge in [0.2, 0.25) is 11.8 Å². The van der Waals surface area contributed by atoms with Crippen molar-refractivity contribution in [1.82, 2.24) is 15.1 Å². The van der Waals surface area contributed by atoms with E-state index in [2.05, 4.69) is 5.32 Å². The minimum absolute atomic E-state index is 0.0529. The summed E-state index contributed by atoms with van der Waals surface area (Å²) in [5.74, 6) is 0.584. The number of hydrogen-bond acceptors (Lipinski definition) is 5. The number of nitrogens with one attached hydrogen (secondary N) is 1. The second-order valence-electron chi connectivity index (χ2n) is 9.97. The van der Waals surface area contributed by atoms with Crippen LogP contribution in [0.15, 0.2) is 54.6 Å². The van der Waals surface area contributed by atoms with Gasteiger partial charge in [0.15, 0.2) is 0 Å². The quantitative estimate of drug-likeness (QED) is 0.636. The summed E-state index contributed by atoms with van der Waals surface area (Å²) >= 11 is 0. The van der Waals surface area contributed by atoms with Crippen LogP contribution in [0.3, 0.4) is 0 Å². The second-order valence-corrected chi connectivity index (χ2v) is 9.97. The van der Waals surface area contributed by atoms with Crippen molar-refractivity contribution in [3.63, 3.8) is 0 Å². The van der Waals surface area contributed by atoms with Crippen LogP contribution in [0.5, 0.6) is 5.75 Å². The lowest BCUT2D eigenvalue weighted by Gasteiger charge is -2.28. The van der Waals surface area contributed by atoms with Crippen LogP contribution in [-0.2, 0) is 27.2 Å². The summed E-state index contributed by atoms with van der Waals surface area (Å²) in [5, 5.41) is 2.77. The van der Waals surface area contributed by atoms with Crippen molar-refractivity contribution in [2.75, 3.05) is 33.3 Å². The minimum atomic E-state index is -0.792. The Morgan fingerprint density at radius 3 is 2.17 bits per heavy atom. The van der Waals surface area contributed by atoms with Gasteiger partial charge in [-0.2, -0.15) is 0 Å². The maximum absolute atomic E-state index is 13.6. The Hall–Kier alpha value is -3.55. The van der Waals surface area contributed by atoms with E-state index < -0.39 is 17.7 Å². The number of benzene rings is 2. The van der Waals surface area contributed by atoms with Crippen molar-refractivity contribution in [3.05, 3.63) is 65.7 Å². The Balaban J connectivity index is 1.67. The average Bonchev–Trinajstić information content (AvgIpc) is 3.09. The van der Waals surface area contributed by atoms with E-state index in [1.807, 2.05) is 59.5 Å². The molecule has 1 aliphatic heterocycles. The van der Waals surface area contributed by atoms with Crippen LogP contribution in [0.1, 0.15) is 38.3 Å². The molecule has 1 saturated heterocycles. The fraction of sp³-hybridized carbons (Fsp3) is 0.464. The van der Waals surface area contributed by atoms with Gasteiger partial charge in [0.25, 0.3) is 0 Å². The molecule has 1 heterocycles. The van der Waals surface area contributed by atoms with Gasteiger partial charge in [-0.1, -0.05) is 42.5 Å². The SMILES string of the molecule is COc1ccc(C[C@H](NC(=O)OC(C)(C)C)C(=O)N2CCCN(C(=O)Cc3ccccc3)CC2)cc1. The number of carbonyl (C=O) groups is 3. The lowest BCUT2D eigenvalue weighted by Crippen LogP contribution is -2.51. The molecule has 3 amide bonds. The van der Waals surface area contributed by atoms with E-state index >= 15 is 0 Å². The lowest BCUT2D eigenvalue weighted by molar-refractivity contribution is -0.134. The van der Waals surface area contributed by atoms with E-state index in [1.54, 1.807) is 32.8 Å². The number of amides is 3. The fourth-order valence-corrected chi connectivity index (χ4v) is 4.14. The molecule has 0 aliphatic carbocycles. The molecule has 36 heavy (non-hydrogen) atoms. The van der Waals surface area contributed by atoms with Gasteiger partial charge in [0, 0.05) is 32.6 Å². The van der Waals surface area contributed by atoms with E-state index in [-0.39, 0.29) is 11.8 Å². The standard InChI is InChI=1S/C28H37N3O5/c1-28(2,3)36-27(34)29-24(19-22-11-13-23(35-4)14-12-22)26(33)31-16-8-15-30(17-18-31)25(32)20-21-9-6-5-7-10-21/h5-7,9-14,24H,8,15-20H2,1-4H3,(H,29,34)/t24-/m0/s1. The molecule has 2 aromatic carbocycles. The third-order valence-corrected chi connectivity index (χ3v) is 5.95. The third-order valence-electron chi connectivity index (χ3n) is 5.95. The number of alkyl carbamates (subject to hydrolysis) is 1. The van der Waals surface area contributed by atoms with Crippen molar-refractivity contribution in [1.29, 1.82) is 0 Å². The molecule has 8 heteroatoms. The molecule has 0 unspecified atom stereocenters. The molecule has 1 fully saturated rings. The van der Waals surface area contributed by atoms with Gasteiger partial charge in [-0.05, 0) is 50.5 Å². The predicted octanol–water partition coefficient (Wildman–Crippen LogP) is 3.43. The summed E-state index contributed by atoms with van der Waals surface area (Å²) in [5.41, 5.74) is 1.18. The molecular formula is C28H37N3O5. The molecule has 1 aliphatic rings. The highest BCUT2D eigenvalue weighted by molar-refractivity contribution is 5.86. The van der Waals surface area contributed by atoms with Crippen molar-refractivity contribution < 1.29 is 23.9 Å². The Morgan fingerprint density at radius 2 is 1.53 bits per heavy atom. The first-order valence-electron chi connectivity index (χ1n) is 12.4. The zero-order valence-corrected chi connectivity index (χ0v) is 21.7. The first-order valence-corrected chi connectivity index (χ1v) is 12.4. The zero-order chi connectivity index (χ0) is 26.1. The molecule has 194 valence electrons. The molecule has 1 atom stereocenters. The number of carbonyl (C=O) groups excluding carboxylic acids is 3. The van der Waals surface area contributed by atoms with Crippen LogP contribution in [0.4, 0.5) is 4.79 Å². The highest BCUT2D eigenvalue weighted by Crippen LogP contribution is 2.16. The number of nitrogens with zero attached hydrogens (tertiary/aromatic N) is 2. The lowest BCUT2D eigenvalue weighted by atomic mass is 10.0. The van der Waals surface area contributed by atoms with Crippen LogP contribution in [0, 0.1) is 0 Å². The zero-order valence-electron chi connectivity index (χ0n) is 21.7. The van der Waals surface area contributed by atoms with Gasteiger partial charge in [0.1, 0.15) is 17.4 Å². The number of methoxy groups -OCH3 is 1. The van der Waals surface area contributed by atoms with E-state index in [1.165, 1.54) is 0 Å². The molecule has 1 N–H and O–H groups in total. The molecule has 8 nitrogen and oxygen atoms in total. The van der Waals surface area contributed by atoms with Crippen LogP contribution in [0.2, 0.25) is 0 Å². The second kappa shape index (κ2) is 12.4. The summed E-state index contributed by atoms with van der Waals surface area (Å²) < 4.78 is 10.6. The Bertz CT molecular complexity index is 1020. The molecule has 0 aromatic heterocycles. The number of hydrogen-bond donors (Lipinski definition) is 1. The number of ether oxygens (including phenoxy) is 2. The largest absolute Gasteiger partial charge is 0.497 e. The van der Waals surface area contributed by atoms with Crippen LogP contribution in [0.25, 0.3) is 0 Å². The van der Waals surface area contributed by atoms with Crippen molar-refractivity contribution >= 4 is 17.9 Å². The monoisotopic (exact) mass is 495 g/mol. The van der Waals surface area contributed by atoms with E-state index in [9.17, 15) is 14.4 Å². The van der Waals surface area contributed by atoms with E-state index in [4.69, 9.17) is 9.47 Å². The third kappa shape index (κ3) is 8.29. The summed E-state index contributed by atoms with van der Waals surface area (Å²) in [7, 11) is 1.60. The van der Waals surface area contributed by atoms with Crippen molar-refractivity contribution in [3.8, 4) is 5.75 Å². The molecule has 0 spiro atoms. The highest BCUT2D eigenvalue weighted by Gasteiger charge is 2.30. The summed E-state index contributed by atoms with van der Waals surface area (Å²) in [6.45, 7) is 7.32. The highest BCUT2D eigenvalue weighted by atomic mass is 16.6. The van der Waals surface area contributed by atoms with E-state index in [0.29, 0.717) is 45.4 Å². The Morgan fingerprint density at radius 1 is 0.889 bits per heavy atom. The first kappa shape index (κ1) is 27.0. The molecular weight excluding hydrogens is 458 g/mol. The van der Waals surface area contributed by atoms with Gasteiger partial charge < -0.3 is 24.6 Å². The van der Waals surface area contributed by atoms with E-state index in [0.717, 1.165) is 16.9 Å². The molecule has 3 rings (SSSR count). The summed E-state index contributed by atoms with van der Waals surface area (Å²) in [6.07, 6.45) is 0.696. The van der Waals surface area contributed by atoms with Gasteiger partial charge in [-0.25, -0.2) is 4.79 Å². The van der Waals surface area contributed by atoms with Gasteiger partial charge in [-0.15, -0.1) is 0 Å². The number of rotatable bonds is 7. The van der Waals surface area contributed by atoms with Crippen molar-refractivity contribution in [2.45, 2.75) is 51.7 Å². The van der Waals surface area contributed by atoms with Gasteiger partial charge in [-0.3, -0.25) is 9.59 Å². The van der Waals surface area contributed by atoms with Crippen molar-refractivity contribution in [2.24, 2.45) is 0 Å². The Labute approximate surface area is 213 Å². The topological polar surface area (TPSA) is 88.2 Å². The smallest absolute Gasteiger partial charge is 0.408 e. The average molecular weight is 496 g/mol. The molecule has 2 aromatic rings. The maximum Gasteiger partial charge on any atom is 0.408 e. The van der Waals surface area contributed by atoms with Crippen LogP contribution < -0.4 is 10.1 Å². The molecule has 0 saturated carbocycles. The van der Waals surface area contributed by atoms with Crippen LogP contribution in [-0.4, -0.2) is 72.6 Å².